The van der Waals surface area contributed by atoms with Crippen LogP contribution in [0.25, 0.3) is 0 Å². The summed E-state index contributed by atoms with van der Waals surface area (Å²) >= 11 is 0. The second kappa shape index (κ2) is 8.25. The maximum absolute atomic E-state index is 10.8. The standard InChI is InChI=1S/C12H20N4O3/c1-3-6-19-7-4-5-14-12-9-10(16(17)18)8-11(13-2)15-12/h8-9H,3-7H2,1-2H3,(H2,13,14,15). The van der Waals surface area contributed by atoms with Crippen molar-refractivity contribution in [1.29, 1.82) is 0 Å². The van der Waals surface area contributed by atoms with E-state index < -0.39 is 4.92 Å². The zero-order valence-electron chi connectivity index (χ0n) is 11.3. The van der Waals surface area contributed by atoms with Crippen LogP contribution in [-0.4, -0.2) is 36.7 Å². The molecule has 0 radical (unpaired) electrons. The first-order valence-electron chi connectivity index (χ1n) is 6.33. The summed E-state index contributed by atoms with van der Waals surface area (Å²) in [6.45, 7) is 4.17. The van der Waals surface area contributed by atoms with Gasteiger partial charge in [-0.15, -0.1) is 0 Å². The van der Waals surface area contributed by atoms with Gasteiger partial charge in [-0.2, -0.15) is 0 Å². The lowest BCUT2D eigenvalue weighted by atomic mass is 10.3. The SMILES string of the molecule is CCCOCCCNc1cc([N+](=O)[O-])cc(NC)n1. The van der Waals surface area contributed by atoms with Crippen molar-refractivity contribution in [3.8, 4) is 0 Å². The number of nitro groups is 1. The summed E-state index contributed by atoms with van der Waals surface area (Å²) in [4.78, 5) is 14.5. The van der Waals surface area contributed by atoms with Crippen LogP contribution < -0.4 is 10.6 Å². The topological polar surface area (TPSA) is 89.3 Å². The van der Waals surface area contributed by atoms with Gasteiger partial charge >= 0.3 is 0 Å². The molecule has 0 saturated carbocycles. The lowest BCUT2D eigenvalue weighted by Gasteiger charge is -2.07. The summed E-state index contributed by atoms with van der Waals surface area (Å²) in [5.41, 5.74) is 0.0177. The first-order chi connectivity index (χ1) is 9.17. The molecule has 0 aliphatic carbocycles. The molecular weight excluding hydrogens is 248 g/mol. The molecule has 0 aliphatic rings. The van der Waals surface area contributed by atoms with Crippen LogP contribution in [0.4, 0.5) is 17.3 Å². The second-order valence-electron chi connectivity index (χ2n) is 4.00. The van der Waals surface area contributed by atoms with Gasteiger partial charge in [0.2, 0.25) is 0 Å². The van der Waals surface area contributed by atoms with Gasteiger partial charge in [0, 0.05) is 26.8 Å². The Bertz CT molecular complexity index is 412. The molecule has 0 saturated heterocycles. The molecule has 1 aromatic heterocycles. The predicted molar refractivity (Wildman–Crippen MR) is 74.7 cm³/mol. The summed E-state index contributed by atoms with van der Waals surface area (Å²) < 4.78 is 5.35. The van der Waals surface area contributed by atoms with Crippen molar-refractivity contribution >= 4 is 17.3 Å². The lowest BCUT2D eigenvalue weighted by molar-refractivity contribution is -0.384. The molecule has 0 amide bonds. The molecule has 106 valence electrons. The van der Waals surface area contributed by atoms with Crippen LogP contribution in [0.1, 0.15) is 19.8 Å². The van der Waals surface area contributed by atoms with E-state index in [1.165, 1.54) is 12.1 Å². The number of pyridine rings is 1. The maximum Gasteiger partial charge on any atom is 0.276 e. The molecule has 7 heteroatoms. The van der Waals surface area contributed by atoms with Gasteiger partial charge < -0.3 is 15.4 Å². The van der Waals surface area contributed by atoms with E-state index in [1.54, 1.807) is 7.05 Å². The number of hydrogen-bond donors (Lipinski definition) is 2. The second-order valence-corrected chi connectivity index (χ2v) is 4.00. The third kappa shape index (κ3) is 5.52. The third-order valence-electron chi connectivity index (χ3n) is 2.40. The minimum atomic E-state index is -0.432. The van der Waals surface area contributed by atoms with Crippen molar-refractivity contribution < 1.29 is 9.66 Å². The molecule has 2 N–H and O–H groups in total. The largest absolute Gasteiger partial charge is 0.381 e. The van der Waals surface area contributed by atoms with Gasteiger partial charge in [-0.1, -0.05) is 6.92 Å². The molecule has 0 aliphatic heterocycles. The van der Waals surface area contributed by atoms with Gasteiger partial charge in [0.1, 0.15) is 11.6 Å². The van der Waals surface area contributed by atoms with Crippen molar-refractivity contribution in [3.63, 3.8) is 0 Å². The maximum atomic E-state index is 10.8. The number of nitrogens with one attached hydrogen (secondary N) is 2. The number of ether oxygens (including phenoxy) is 1. The smallest absolute Gasteiger partial charge is 0.276 e. The van der Waals surface area contributed by atoms with Crippen LogP contribution in [0.3, 0.4) is 0 Å². The number of nitrogens with zero attached hydrogens (tertiary/aromatic N) is 2. The van der Waals surface area contributed by atoms with E-state index in [9.17, 15) is 10.1 Å². The minimum Gasteiger partial charge on any atom is -0.381 e. The van der Waals surface area contributed by atoms with Crippen LogP contribution in [-0.2, 0) is 4.74 Å². The molecule has 0 unspecified atom stereocenters. The predicted octanol–water partition coefficient (Wildman–Crippen LogP) is 2.26. The van der Waals surface area contributed by atoms with Crippen molar-refractivity contribution in [3.05, 3.63) is 22.2 Å². The van der Waals surface area contributed by atoms with Gasteiger partial charge in [0.15, 0.2) is 0 Å². The third-order valence-corrected chi connectivity index (χ3v) is 2.40. The molecule has 7 nitrogen and oxygen atoms in total. The summed E-state index contributed by atoms with van der Waals surface area (Å²) in [5, 5.41) is 16.6. The average molecular weight is 268 g/mol. The van der Waals surface area contributed by atoms with E-state index in [2.05, 4.69) is 22.5 Å². The molecule has 0 atom stereocenters. The van der Waals surface area contributed by atoms with Gasteiger partial charge in [0.05, 0.1) is 17.1 Å². The Kier molecular flexibility index (Phi) is 6.59. The molecule has 1 aromatic rings. The van der Waals surface area contributed by atoms with Crippen LogP contribution in [0.2, 0.25) is 0 Å². The Hall–Kier alpha value is -1.89. The molecule has 0 fully saturated rings. The van der Waals surface area contributed by atoms with E-state index >= 15 is 0 Å². The van der Waals surface area contributed by atoms with Crippen molar-refractivity contribution in [2.24, 2.45) is 0 Å². The highest BCUT2D eigenvalue weighted by molar-refractivity contribution is 5.54. The van der Waals surface area contributed by atoms with Crippen molar-refractivity contribution in [2.75, 3.05) is 37.4 Å². The van der Waals surface area contributed by atoms with E-state index in [1.807, 2.05) is 0 Å². The lowest BCUT2D eigenvalue weighted by Crippen LogP contribution is -2.08. The number of hydrogen-bond acceptors (Lipinski definition) is 6. The highest BCUT2D eigenvalue weighted by atomic mass is 16.6. The van der Waals surface area contributed by atoms with Crippen molar-refractivity contribution in [1.82, 2.24) is 4.98 Å². The monoisotopic (exact) mass is 268 g/mol. The van der Waals surface area contributed by atoms with Gasteiger partial charge in [0.25, 0.3) is 5.69 Å². The first-order valence-corrected chi connectivity index (χ1v) is 6.33. The Morgan fingerprint density at radius 2 is 2.11 bits per heavy atom. The van der Waals surface area contributed by atoms with Crippen LogP contribution in [0.5, 0.6) is 0 Å². The minimum absolute atomic E-state index is 0.0177. The van der Waals surface area contributed by atoms with Gasteiger partial charge in [-0.25, -0.2) is 4.98 Å². The van der Waals surface area contributed by atoms with Crippen molar-refractivity contribution in [2.45, 2.75) is 19.8 Å². The fraction of sp³-hybridized carbons (Fsp3) is 0.583. The summed E-state index contributed by atoms with van der Waals surface area (Å²) in [6, 6.07) is 2.82. The molecule has 1 heterocycles. The highest BCUT2D eigenvalue weighted by Crippen LogP contribution is 2.20. The number of anilines is 2. The van der Waals surface area contributed by atoms with E-state index in [0.717, 1.165) is 19.4 Å². The normalized spacial score (nSPS) is 10.2. The molecule has 0 aromatic carbocycles. The Labute approximate surface area is 112 Å². The number of rotatable bonds is 9. The molecule has 0 spiro atoms. The Balaban J connectivity index is 2.48. The van der Waals surface area contributed by atoms with E-state index in [-0.39, 0.29) is 5.69 Å². The van der Waals surface area contributed by atoms with E-state index in [4.69, 9.17) is 4.74 Å². The fourth-order valence-corrected chi connectivity index (χ4v) is 1.48. The Morgan fingerprint density at radius 3 is 2.74 bits per heavy atom. The molecule has 1 rings (SSSR count). The summed E-state index contributed by atoms with van der Waals surface area (Å²) in [5.74, 6) is 0.966. The number of aromatic nitrogens is 1. The molecule has 19 heavy (non-hydrogen) atoms. The molecular formula is C12H20N4O3. The zero-order valence-corrected chi connectivity index (χ0v) is 11.3. The van der Waals surface area contributed by atoms with Crippen LogP contribution in [0.15, 0.2) is 12.1 Å². The summed E-state index contributed by atoms with van der Waals surface area (Å²) in [6.07, 6.45) is 1.84. The van der Waals surface area contributed by atoms with E-state index in [0.29, 0.717) is 24.8 Å². The summed E-state index contributed by atoms with van der Waals surface area (Å²) in [7, 11) is 1.68. The van der Waals surface area contributed by atoms with Crippen LogP contribution >= 0.6 is 0 Å². The average Bonchev–Trinajstić information content (AvgIpc) is 2.42. The fourth-order valence-electron chi connectivity index (χ4n) is 1.48. The molecule has 0 bridgehead atoms. The highest BCUT2D eigenvalue weighted by Gasteiger charge is 2.10. The quantitative estimate of drug-likeness (QED) is 0.405. The Morgan fingerprint density at radius 1 is 1.37 bits per heavy atom. The van der Waals surface area contributed by atoms with Gasteiger partial charge in [-0.05, 0) is 12.8 Å². The zero-order chi connectivity index (χ0) is 14.1. The van der Waals surface area contributed by atoms with Crippen LogP contribution in [0, 0.1) is 10.1 Å². The van der Waals surface area contributed by atoms with Gasteiger partial charge in [-0.3, -0.25) is 10.1 Å². The first kappa shape index (κ1) is 15.2.